The summed E-state index contributed by atoms with van der Waals surface area (Å²) in [6.45, 7) is 8.76. The Bertz CT molecular complexity index is 1490. The average Bonchev–Trinajstić information content (AvgIpc) is 3.03. The third kappa shape index (κ3) is 8.15. The minimum absolute atomic E-state index is 0.570. The maximum absolute atomic E-state index is 5.44. The van der Waals surface area contributed by atoms with Crippen molar-refractivity contribution in [3.8, 4) is 11.5 Å². The molecule has 6 rings (SSSR count). The predicted octanol–water partition coefficient (Wildman–Crippen LogP) is 8.99. The molecule has 2 heterocycles. The van der Waals surface area contributed by atoms with Crippen molar-refractivity contribution in [1.29, 1.82) is 0 Å². The first-order chi connectivity index (χ1) is 22.2. The molecule has 0 amide bonds. The summed E-state index contributed by atoms with van der Waals surface area (Å²) in [5.74, 6) is 2.96. The quantitative estimate of drug-likeness (QED) is 0.167. The van der Waals surface area contributed by atoms with E-state index in [0.717, 1.165) is 37.7 Å². The van der Waals surface area contributed by atoms with E-state index in [-0.39, 0.29) is 0 Å². The lowest BCUT2D eigenvalue weighted by atomic mass is 10.1. The van der Waals surface area contributed by atoms with Gasteiger partial charge in [0.2, 0.25) is 0 Å². The Balaban J connectivity index is 0.000000181. The number of fused-ring (bicyclic) bond motifs is 4. The molecule has 0 spiro atoms. The van der Waals surface area contributed by atoms with Gasteiger partial charge >= 0.3 is 0 Å². The van der Waals surface area contributed by atoms with Gasteiger partial charge in [0.1, 0.15) is 11.5 Å². The van der Waals surface area contributed by atoms with E-state index in [9.17, 15) is 0 Å². The van der Waals surface area contributed by atoms with Crippen molar-refractivity contribution in [2.45, 2.75) is 33.4 Å². The molecule has 2 atom stereocenters. The smallest absolute Gasteiger partial charge is 0.121 e. The lowest BCUT2D eigenvalue weighted by Gasteiger charge is -2.35. The molecule has 2 aliphatic rings. The molecule has 0 saturated carbocycles. The van der Waals surface area contributed by atoms with Gasteiger partial charge < -0.3 is 29.1 Å². The lowest BCUT2D eigenvalue weighted by molar-refractivity contribution is 0.342. The summed E-state index contributed by atoms with van der Waals surface area (Å²) in [6.07, 6.45) is 0. The number of benzene rings is 4. The second-order valence-corrected chi connectivity index (χ2v) is 14.9. The van der Waals surface area contributed by atoms with E-state index in [1.165, 1.54) is 42.3 Å². The molecule has 46 heavy (non-hydrogen) atoms. The maximum Gasteiger partial charge on any atom is 0.121 e. The Morgan fingerprint density at radius 2 is 0.913 bits per heavy atom. The standard InChI is InChI=1S/2C19H24N2OS/c2*1-14(12-20(2)3)13-21-16-7-5-6-8-18(16)23-19-10-9-15(22-4)11-17(19)21/h2*5-11,14H,12-13H2,1-4H3/t14-;/m1./s1. The van der Waals surface area contributed by atoms with Gasteiger partial charge in [-0.1, -0.05) is 61.6 Å². The highest BCUT2D eigenvalue weighted by atomic mass is 32.2. The van der Waals surface area contributed by atoms with E-state index in [2.05, 4.69) is 134 Å². The number of anilines is 4. The largest absolute Gasteiger partial charge is 0.497 e. The van der Waals surface area contributed by atoms with Crippen LogP contribution in [0.25, 0.3) is 0 Å². The molecule has 0 saturated heterocycles. The van der Waals surface area contributed by atoms with E-state index < -0.39 is 0 Å². The summed E-state index contributed by atoms with van der Waals surface area (Å²) in [5.41, 5.74) is 5.09. The highest BCUT2D eigenvalue weighted by Crippen LogP contribution is 2.50. The molecule has 0 bridgehead atoms. The minimum Gasteiger partial charge on any atom is -0.497 e. The van der Waals surface area contributed by atoms with Crippen molar-refractivity contribution in [3.63, 3.8) is 0 Å². The van der Waals surface area contributed by atoms with Crippen LogP contribution in [-0.2, 0) is 0 Å². The number of hydrogen-bond donors (Lipinski definition) is 0. The molecule has 0 fully saturated rings. The maximum atomic E-state index is 5.44. The van der Waals surface area contributed by atoms with Gasteiger partial charge in [-0.3, -0.25) is 0 Å². The summed E-state index contributed by atoms with van der Waals surface area (Å²) in [5, 5.41) is 0. The summed E-state index contributed by atoms with van der Waals surface area (Å²) in [7, 11) is 12.0. The number of nitrogens with zero attached hydrogens (tertiary/aromatic N) is 4. The van der Waals surface area contributed by atoms with Gasteiger partial charge in [-0.2, -0.15) is 0 Å². The van der Waals surface area contributed by atoms with Gasteiger partial charge in [0.25, 0.3) is 0 Å². The molecule has 8 heteroatoms. The van der Waals surface area contributed by atoms with Crippen LogP contribution in [0.1, 0.15) is 13.8 Å². The molecular formula is C38H48N4O2S2. The van der Waals surface area contributed by atoms with Gasteiger partial charge in [0.15, 0.2) is 0 Å². The first kappa shape index (κ1) is 34.0. The van der Waals surface area contributed by atoms with Gasteiger partial charge in [-0.15, -0.1) is 0 Å². The Morgan fingerprint density at radius 3 is 1.28 bits per heavy atom. The topological polar surface area (TPSA) is 31.4 Å². The molecule has 0 N–H and O–H groups in total. The molecular weight excluding hydrogens is 609 g/mol. The van der Waals surface area contributed by atoms with Crippen LogP contribution in [0, 0.1) is 11.8 Å². The number of hydrogen-bond acceptors (Lipinski definition) is 8. The van der Waals surface area contributed by atoms with Crippen molar-refractivity contribution >= 4 is 46.3 Å². The molecule has 244 valence electrons. The highest BCUT2D eigenvalue weighted by molar-refractivity contribution is 8.00. The number of methoxy groups -OCH3 is 2. The zero-order valence-electron chi connectivity index (χ0n) is 28.5. The van der Waals surface area contributed by atoms with Gasteiger partial charge in [-0.05, 0) is 88.6 Å². The Kier molecular flexibility index (Phi) is 11.5. The van der Waals surface area contributed by atoms with Gasteiger partial charge in [-0.25, -0.2) is 0 Å². The van der Waals surface area contributed by atoms with Crippen molar-refractivity contribution in [2.75, 3.05) is 78.4 Å². The third-order valence-electron chi connectivity index (χ3n) is 8.01. The van der Waals surface area contributed by atoms with E-state index in [1.54, 1.807) is 14.2 Å². The molecule has 0 radical (unpaired) electrons. The van der Waals surface area contributed by atoms with Crippen LogP contribution >= 0.6 is 23.5 Å². The van der Waals surface area contributed by atoms with Crippen LogP contribution in [0.3, 0.4) is 0 Å². The fourth-order valence-corrected chi connectivity index (χ4v) is 8.40. The molecule has 2 aliphatic heterocycles. The SMILES string of the molecule is COc1ccc2c(c1)N(CC(C)CN(C)C)c1ccccc1S2.COc1ccc2c(c1)N(C[C@H](C)CN(C)C)c1ccccc1S2. The third-order valence-corrected chi connectivity index (χ3v) is 10.3. The number of rotatable bonds is 10. The Morgan fingerprint density at radius 1 is 0.543 bits per heavy atom. The second kappa shape index (κ2) is 15.5. The second-order valence-electron chi connectivity index (χ2n) is 12.8. The van der Waals surface area contributed by atoms with Crippen molar-refractivity contribution in [2.24, 2.45) is 11.8 Å². The number of ether oxygens (including phenoxy) is 2. The van der Waals surface area contributed by atoms with Crippen LogP contribution in [0.2, 0.25) is 0 Å². The first-order valence-corrected chi connectivity index (χ1v) is 17.5. The zero-order chi connectivity index (χ0) is 32.8. The summed E-state index contributed by atoms with van der Waals surface area (Å²) in [4.78, 5) is 14.6. The summed E-state index contributed by atoms with van der Waals surface area (Å²) >= 11 is 3.68. The van der Waals surface area contributed by atoms with Crippen LogP contribution in [0.4, 0.5) is 22.7 Å². The first-order valence-electron chi connectivity index (χ1n) is 15.9. The predicted molar refractivity (Wildman–Crippen MR) is 197 cm³/mol. The zero-order valence-corrected chi connectivity index (χ0v) is 30.1. The lowest BCUT2D eigenvalue weighted by Crippen LogP contribution is -2.31. The van der Waals surface area contributed by atoms with Crippen LogP contribution in [-0.4, -0.2) is 78.4 Å². The molecule has 4 aromatic carbocycles. The normalized spacial score (nSPS) is 14.4. The number of para-hydroxylation sites is 2. The fraction of sp³-hybridized carbons (Fsp3) is 0.368. The van der Waals surface area contributed by atoms with Crippen LogP contribution in [0.15, 0.2) is 105 Å². The van der Waals surface area contributed by atoms with Crippen molar-refractivity contribution in [1.82, 2.24) is 9.80 Å². The molecule has 1 unspecified atom stereocenters. The van der Waals surface area contributed by atoms with Crippen molar-refractivity contribution < 1.29 is 9.47 Å². The summed E-state index contributed by atoms with van der Waals surface area (Å²) in [6, 6.07) is 30.0. The Hall–Kier alpha value is -3.30. The molecule has 6 nitrogen and oxygen atoms in total. The summed E-state index contributed by atoms with van der Waals surface area (Å²) < 4.78 is 10.9. The van der Waals surface area contributed by atoms with E-state index in [1.807, 2.05) is 35.7 Å². The highest BCUT2D eigenvalue weighted by Gasteiger charge is 2.26. The fourth-order valence-electron chi connectivity index (χ4n) is 6.25. The average molecular weight is 657 g/mol. The van der Waals surface area contributed by atoms with E-state index in [0.29, 0.717) is 11.8 Å². The van der Waals surface area contributed by atoms with Crippen molar-refractivity contribution in [3.05, 3.63) is 84.9 Å². The molecule has 4 aromatic rings. The molecule has 0 aromatic heterocycles. The van der Waals surface area contributed by atoms with E-state index >= 15 is 0 Å². The monoisotopic (exact) mass is 656 g/mol. The van der Waals surface area contributed by atoms with Gasteiger partial charge in [0.05, 0.1) is 37.0 Å². The minimum atomic E-state index is 0.570. The van der Waals surface area contributed by atoms with E-state index in [4.69, 9.17) is 9.47 Å². The van der Waals surface area contributed by atoms with Gasteiger partial charge in [0, 0.05) is 57.9 Å². The van der Waals surface area contributed by atoms with Crippen LogP contribution in [0.5, 0.6) is 11.5 Å². The molecule has 0 aliphatic carbocycles. The van der Waals surface area contributed by atoms with Crippen LogP contribution < -0.4 is 19.3 Å². The Labute approximate surface area is 284 Å².